The van der Waals surface area contributed by atoms with Crippen molar-refractivity contribution >= 4 is 22.8 Å². The number of carboxylic acids is 1. The second-order valence-corrected chi connectivity index (χ2v) is 3.78. The predicted molar refractivity (Wildman–Crippen MR) is 66.5 cm³/mol. The second-order valence-electron chi connectivity index (χ2n) is 3.78. The zero-order valence-electron chi connectivity index (χ0n) is 9.88. The molecule has 2 rings (SSSR count). The first-order valence-corrected chi connectivity index (χ1v) is 5.42. The number of aryl methyl sites for hydroxylation is 1. The molecular formula is C12H13N3O3. The molecule has 0 spiro atoms. The first kappa shape index (κ1) is 12.1. The Hall–Kier alpha value is -2.37. The molecule has 0 atom stereocenters. The summed E-state index contributed by atoms with van der Waals surface area (Å²) in [6, 6.07) is 5.41. The van der Waals surface area contributed by atoms with Crippen molar-refractivity contribution in [3.05, 3.63) is 23.9 Å². The summed E-state index contributed by atoms with van der Waals surface area (Å²) in [5, 5.41) is 9.49. The summed E-state index contributed by atoms with van der Waals surface area (Å²) in [6.45, 7) is 0. The number of para-hydroxylation sites is 1. The van der Waals surface area contributed by atoms with Gasteiger partial charge in [0.2, 0.25) is 5.95 Å². The van der Waals surface area contributed by atoms with E-state index < -0.39 is 5.97 Å². The number of ether oxygens (including phenoxy) is 1. The van der Waals surface area contributed by atoms with E-state index in [2.05, 4.69) is 9.97 Å². The van der Waals surface area contributed by atoms with Crippen LogP contribution in [0.4, 0.5) is 5.95 Å². The third-order valence-electron chi connectivity index (χ3n) is 2.58. The van der Waals surface area contributed by atoms with Crippen LogP contribution in [0.3, 0.4) is 0 Å². The zero-order chi connectivity index (χ0) is 13.1. The number of nitrogen functional groups attached to an aromatic ring is 1. The first-order chi connectivity index (χ1) is 8.61. The number of aliphatic carboxylic acids is 1. The fourth-order valence-electron chi connectivity index (χ4n) is 1.79. The van der Waals surface area contributed by atoms with Gasteiger partial charge < -0.3 is 15.6 Å². The maximum absolute atomic E-state index is 10.6. The molecule has 0 saturated heterocycles. The lowest BCUT2D eigenvalue weighted by atomic mass is 10.1. The number of methoxy groups -OCH3 is 1. The number of hydrogen-bond donors (Lipinski definition) is 2. The molecule has 0 radical (unpaired) electrons. The minimum atomic E-state index is -0.872. The van der Waals surface area contributed by atoms with E-state index in [1.54, 1.807) is 13.2 Å². The lowest BCUT2D eigenvalue weighted by Crippen LogP contribution is -2.04. The minimum Gasteiger partial charge on any atom is -0.494 e. The quantitative estimate of drug-likeness (QED) is 0.843. The van der Waals surface area contributed by atoms with Crippen molar-refractivity contribution < 1.29 is 14.6 Å². The highest BCUT2D eigenvalue weighted by Crippen LogP contribution is 2.26. The van der Waals surface area contributed by atoms with Crippen molar-refractivity contribution in [1.82, 2.24) is 9.97 Å². The van der Waals surface area contributed by atoms with Gasteiger partial charge in [0.05, 0.1) is 19.2 Å². The molecule has 6 heteroatoms. The van der Waals surface area contributed by atoms with Gasteiger partial charge in [-0.05, 0) is 6.07 Å². The van der Waals surface area contributed by atoms with Crippen LogP contribution in [-0.4, -0.2) is 28.2 Å². The highest BCUT2D eigenvalue weighted by molar-refractivity contribution is 5.87. The van der Waals surface area contributed by atoms with Crippen molar-refractivity contribution in [3.63, 3.8) is 0 Å². The van der Waals surface area contributed by atoms with Crippen LogP contribution in [0, 0.1) is 0 Å². The van der Waals surface area contributed by atoms with Crippen molar-refractivity contribution in [2.45, 2.75) is 12.8 Å². The van der Waals surface area contributed by atoms with E-state index in [4.69, 9.17) is 15.6 Å². The van der Waals surface area contributed by atoms with Gasteiger partial charge in [0.25, 0.3) is 0 Å². The smallest absolute Gasteiger partial charge is 0.303 e. The molecule has 1 heterocycles. The van der Waals surface area contributed by atoms with E-state index in [1.165, 1.54) is 0 Å². The van der Waals surface area contributed by atoms with Gasteiger partial charge in [0, 0.05) is 11.8 Å². The number of carbonyl (C=O) groups is 1. The largest absolute Gasteiger partial charge is 0.494 e. The van der Waals surface area contributed by atoms with E-state index in [1.807, 2.05) is 12.1 Å². The van der Waals surface area contributed by atoms with E-state index >= 15 is 0 Å². The Labute approximate surface area is 103 Å². The number of anilines is 1. The second kappa shape index (κ2) is 4.87. The number of fused-ring (bicyclic) bond motifs is 1. The summed E-state index contributed by atoms with van der Waals surface area (Å²) in [7, 11) is 1.55. The highest BCUT2D eigenvalue weighted by atomic mass is 16.5. The molecule has 94 valence electrons. The molecule has 2 aromatic rings. The number of rotatable bonds is 4. The summed E-state index contributed by atoms with van der Waals surface area (Å²) in [4.78, 5) is 18.8. The molecule has 0 aliphatic heterocycles. The van der Waals surface area contributed by atoms with E-state index in [0.29, 0.717) is 23.4 Å². The molecule has 6 nitrogen and oxygen atoms in total. The average Bonchev–Trinajstić information content (AvgIpc) is 2.35. The average molecular weight is 247 g/mol. The Kier molecular flexibility index (Phi) is 3.27. The number of nitrogens with two attached hydrogens (primary N) is 1. The lowest BCUT2D eigenvalue weighted by molar-refractivity contribution is -0.136. The van der Waals surface area contributed by atoms with Gasteiger partial charge in [-0.1, -0.05) is 12.1 Å². The Morgan fingerprint density at radius 1 is 1.44 bits per heavy atom. The van der Waals surface area contributed by atoms with E-state index in [0.717, 1.165) is 5.39 Å². The first-order valence-electron chi connectivity index (χ1n) is 5.42. The molecule has 0 fully saturated rings. The normalized spacial score (nSPS) is 10.5. The minimum absolute atomic E-state index is 0.00274. The highest BCUT2D eigenvalue weighted by Gasteiger charge is 2.11. The van der Waals surface area contributed by atoms with Crippen LogP contribution >= 0.6 is 0 Å². The van der Waals surface area contributed by atoms with Crippen molar-refractivity contribution in [2.24, 2.45) is 0 Å². The molecule has 0 saturated carbocycles. The fraction of sp³-hybridized carbons (Fsp3) is 0.250. The number of benzene rings is 1. The maximum atomic E-state index is 10.6. The van der Waals surface area contributed by atoms with Crippen LogP contribution in [0.15, 0.2) is 18.2 Å². The number of carboxylic acid groups (broad SMARTS) is 1. The molecule has 3 N–H and O–H groups in total. The van der Waals surface area contributed by atoms with Crippen LogP contribution in [0.1, 0.15) is 12.1 Å². The van der Waals surface area contributed by atoms with Gasteiger partial charge in [-0.15, -0.1) is 0 Å². The topological polar surface area (TPSA) is 98.3 Å². The molecule has 0 amide bonds. The SMILES string of the molecule is COc1cccc2c(CCC(=O)O)nc(N)nc12. The monoisotopic (exact) mass is 247 g/mol. The van der Waals surface area contributed by atoms with Crippen LogP contribution in [0.25, 0.3) is 10.9 Å². The summed E-state index contributed by atoms with van der Waals surface area (Å²) < 4.78 is 5.20. The zero-order valence-corrected chi connectivity index (χ0v) is 9.88. The summed E-state index contributed by atoms with van der Waals surface area (Å²) in [5.74, 6) is -0.159. The fourth-order valence-corrected chi connectivity index (χ4v) is 1.79. The lowest BCUT2D eigenvalue weighted by Gasteiger charge is -2.08. The van der Waals surface area contributed by atoms with Crippen molar-refractivity contribution in [1.29, 1.82) is 0 Å². The molecule has 0 aliphatic carbocycles. The summed E-state index contributed by atoms with van der Waals surface area (Å²) in [6.07, 6.45) is 0.314. The van der Waals surface area contributed by atoms with Crippen LogP contribution in [-0.2, 0) is 11.2 Å². The van der Waals surface area contributed by atoms with Gasteiger partial charge in [-0.2, -0.15) is 0 Å². The van der Waals surface area contributed by atoms with E-state index in [9.17, 15) is 4.79 Å². The Morgan fingerprint density at radius 2 is 2.22 bits per heavy atom. The van der Waals surface area contributed by atoms with Gasteiger partial charge in [-0.3, -0.25) is 4.79 Å². The Bertz CT molecular complexity index is 598. The molecule has 1 aromatic carbocycles. The van der Waals surface area contributed by atoms with Crippen molar-refractivity contribution in [3.8, 4) is 5.75 Å². The Balaban J connectivity index is 2.55. The molecule has 0 aliphatic rings. The molecular weight excluding hydrogens is 234 g/mol. The van der Waals surface area contributed by atoms with Crippen LogP contribution in [0.5, 0.6) is 5.75 Å². The Morgan fingerprint density at radius 3 is 2.89 bits per heavy atom. The maximum Gasteiger partial charge on any atom is 0.303 e. The van der Waals surface area contributed by atoms with Gasteiger partial charge in [0.1, 0.15) is 11.3 Å². The van der Waals surface area contributed by atoms with Crippen LogP contribution in [0.2, 0.25) is 0 Å². The molecule has 0 bridgehead atoms. The van der Waals surface area contributed by atoms with Gasteiger partial charge >= 0.3 is 5.97 Å². The van der Waals surface area contributed by atoms with Crippen molar-refractivity contribution in [2.75, 3.05) is 12.8 Å². The molecule has 1 aromatic heterocycles. The van der Waals surface area contributed by atoms with Crippen LogP contribution < -0.4 is 10.5 Å². The standard InChI is InChI=1S/C12H13N3O3/c1-18-9-4-2-3-7-8(5-6-10(16)17)14-12(13)15-11(7)9/h2-4H,5-6H2,1H3,(H,16,17)(H2,13,14,15). The third kappa shape index (κ3) is 2.32. The predicted octanol–water partition coefficient (Wildman–Crippen LogP) is 1.24. The number of aromatic nitrogens is 2. The molecule has 18 heavy (non-hydrogen) atoms. The van der Waals surface area contributed by atoms with E-state index in [-0.39, 0.29) is 12.4 Å². The number of hydrogen-bond acceptors (Lipinski definition) is 5. The molecule has 0 unspecified atom stereocenters. The van der Waals surface area contributed by atoms with Gasteiger partial charge in [-0.25, -0.2) is 9.97 Å². The number of nitrogens with zero attached hydrogens (tertiary/aromatic N) is 2. The third-order valence-corrected chi connectivity index (χ3v) is 2.58. The summed E-state index contributed by atoms with van der Waals surface area (Å²) >= 11 is 0. The summed E-state index contributed by atoms with van der Waals surface area (Å²) in [5.41, 5.74) is 6.86. The van der Waals surface area contributed by atoms with Gasteiger partial charge in [0.15, 0.2) is 0 Å².